The van der Waals surface area contributed by atoms with E-state index in [1.807, 2.05) is 30.3 Å². The molecule has 0 aliphatic carbocycles. The van der Waals surface area contributed by atoms with E-state index in [2.05, 4.69) is 0 Å². The smallest absolute Gasteiger partial charge is 0.326 e. The molecule has 1 aromatic carbocycles. The van der Waals surface area contributed by atoms with Crippen LogP contribution in [0.5, 0.6) is 0 Å². The Morgan fingerprint density at radius 1 is 1.30 bits per heavy atom. The molecule has 1 fully saturated rings. The van der Waals surface area contributed by atoms with Crippen LogP contribution in [0.15, 0.2) is 35.2 Å². The Balaban J connectivity index is 1.71. The molecule has 0 radical (unpaired) electrons. The minimum Gasteiger partial charge on any atom is -0.480 e. The van der Waals surface area contributed by atoms with Gasteiger partial charge in [0, 0.05) is 17.9 Å². The van der Waals surface area contributed by atoms with Crippen LogP contribution in [0, 0.1) is 0 Å². The van der Waals surface area contributed by atoms with Crippen LogP contribution in [0.2, 0.25) is 0 Å². The van der Waals surface area contributed by atoms with Gasteiger partial charge in [0.25, 0.3) is 0 Å². The van der Waals surface area contributed by atoms with Crippen molar-refractivity contribution in [2.45, 2.75) is 36.6 Å². The van der Waals surface area contributed by atoms with Gasteiger partial charge in [-0.25, -0.2) is 4.79 Å². The summed E-state index contributed by atoms with van der Waals surface area (Å²) in [4.78, 5) is 25.8. The Hall–Kier alpha value is -1.49. The molecule has 5 heteroatoms. The average molecular weight is 293 g/mol. The highest BCUT2D eigenvalue weighted by Crippen LogP contribution is 2.21. The molecule has 1 amide bonds. The van der Waals surface area contributed by atoms with Gasteiger partial charge in [0.2, 0.25) is 5.91 Å². The number of carboxylic acids is 1. The van der Waals surface area contributed by atoms with Gasteiger partial charge in [-0.05, 0) is 37.1 Å². The standard InChI is InChI=1S/C15H19NO3S/c17-14(16-10-4-8-13(16)15(18)19)9-5-11-20-12-6-2-1-3-7-12/h1-3,6-7,13H,4-5,8-11H2,(H,18,19)/t13-/m1/s1. The first-order valence-corrected chi connectivity index (χ1v) is 7.87. The van der Waals surface area contributed by atoms with Gasteiger partial charge in [-0.3, -0.25) is 4.79 Å². The molecule has 20 heavy (non-hydrogen) atoms. The second-order valence-electron chi connectivity index (χ2n) is 4.85. The Labute approximate surface area is 123 Å². The van der Waals surface area contributed by atoms with E-state index in [1.165, 1.54) is 9.80 Å². The number of benzene rings is 1. The van der Waals surface area contributed by atoms with Crippen LogP contribution in [-0.4, -0.2) is 40.2 Å². The number of rotatable bonds is 6. The van der Waals surface area contributed by atoms with Gasteiger partial charge in [0.05, 0.1) is 0 Å². The van der Waals surface area contributed by atoms with E-state index in [9.17, 15) is 9.59 Å². The lowest BCUT2D eigenvalue weighted by Crippen LogP contribution is -2.40. The van der Waals surface area contributed by atoms with Gasteiger partial charge in [-0.15, -0.1) is 11.8 Å². The summed E-state index contributed by atoms with van der Waals surface area (Å²) in [5, 5.41) is 9.05. The number of nitrogens with zero attached hydrogens (tertiary/aromatic N) is 1. The molecule has 0 spiro atoms. The van der Waals surface area contributed by atoms with Crippen molar-refractivity contribution in [2.24, 2.45) is 0 Å². The van der Waals surface area contributed by atoms with Crippen LogP contribution >= 0.6 is 11.8 Å². The summed E-state index contributed by atoms with van der Waals surface area (Å²) in [6, 6.07) is 9.46. The second kappa shape index (κ2) is 7.33. The maximum absolute atomic E-state index is 12.0. The predicted octanol–water partition coefficient (Wildman–Crippen LogP) is 2.63. The summed E-state index contributed by atoms with van der Waals surface area (Å²) in [5.74, 6) is -0.0282. The first kappa shape index (κ1) is 14.9. The number of hydrogen-bond acceptors (Lipinski definition) is 3. The predicted molar refractivity (Wildman–Crippen MR) is 78.8 cm³/mol. The highest BCUT2D eigenvalue weighted by atomic mass is 32.2. The lowest BCUT2D eigenvalue weighted by atomic mass is 10.2. The van der Waals surface area contributed by atoms with E-state index >= 15 is 0 Å². The molecule has 1 aliphatic heterocycles. The number of carbonyl (C=O) groups excluding carboxylic acids is 1. The minimum absolute atomic E-state index is 0.0245. The third kappa shape index (κ3) is 4.00. The van der Waals surface area contributed by atoms with Crippen molar-refractivity contribution < 1.29 is 14.7 Å². The van der Waals surface area contributed by atoms with Crippen LogP contribution in [-0.2, 0) is 9.59 Å². The third-order valence-corrected chi connectivity index (χ3v) is 4.50. The third-order valence-electron chi connectivity index (χ3n) is 3.41. The largest absolute Gasteiger partial charge is 0.480 e. The molecule has 0 aromatic heterocycles. The van der Waals surface area contributed by atoms with Crippen LogP contribution in [0.1, 0.15) is 25.7 Å². The fourth-order valence-electron chi connectivity index (χ4n) is 2.40. The Bertz CT molecular complexity index is 463. The molecule has 1 heterocycles. The normalized spacial score (nSPS) is 18.2. The number of carbonyl (C=O) groups is 2. The van der Waals surface area contributed by atoms with Gasteiger partial charge in [-0.2, -0.15) is 0 Å². The summed E-state index contributed by atoms with van der Waals surface area (Å²) < 4.78 is 0. The molecule has 2 rings (SSSR count). The van der Waals surface area contributed by atoms with Crippen molar-refractivity contribution in [3.05, 3.63) is 30.3 Å². The molecule has 1 aliphatic rings. The molecule has 108 valence electrons. The summed E-state index contributed by atoms with van der Waals surface area (Å²) in [5.41, 5.74) is 0. The fourth-order valence-corrected chi connectivity index (χ4v) is 3.27. The van der Waals surface area contributed by atoms with Gasteiger partial charge >= 0.3 is 5.97 Å². The average Bonchev–Trinajstić information content (AvgIpc) is 2.94. The number of aliphatic carboxylic acids is 1. The highest BCUT2D eigenvalue weighted by molar-refractivity contribution is 7.99. The van der Waals surface area contributed by atoms with Crippen molar-refractivity contribution >= 4 is 23.6 Å². The van der Waals surface area contributed by atoms with Crippen molar-refractivity contribution in [3.8, 4) is 0 Å². The first-order valence-electron chi connectivity index (χ1n) is 6.88. The molecule has 4 nitrogen and oxygen atoms in total. The quantitative estimate of drug-likeness (QED) is 0.647. The lowest BCUT2D eigenvalue weighted by Gasteiger charge is -2.21. The monoisotopic (exact) mass is 293 g/mol. The Kier molecular flexibility index (Phi) is 5.47. The summed E-state index contributed by atoms with van der Waals surface area (Å²) in [6.07, 6.45) is 2.59. The van der Waals surface area contributed by atoms with Crippen LogP contribution in [0.3, 0.4) is 0 Å². The zero-order valence-corrected chi connectivity index (χ0v) is 12.1. The number of carboxylic acid groups (broad SMARTS) is 1. The minimum atomic E-state index is -0.880. The Morgan fingerprint density at radius 2 is 2.05 bits per heavy atom. The molecular formula is C15H19NO3S. The van der Waals surface area contributed by atoms with Gasteiger partial charge < -0.3 is 10.0 Å². The van der Waals surface area contributed by atoms with E-state index < -0.39 is 12.0 Å². The number of likely N-dealkylation sites (tertiary alicyclic amines) is 1. The van der Waals surface area contributed by atoms with Crippen molar-refractivity contribution in [3.63, 3.8) is 0 Å². The molecule has 0 saturated carbocycles. The van der Waals surface area contributed by atoms with E-state index in [1.54, 1.807) is 11.8 Å². The van der Waals surface area contributed by atoms with Crippen molar-refractivity contribution in [2.75, 3.05) is 12.3 Å². The highest BCUT2D eigenvalue weighted by Gasteiger charge is 2.33. The van der Waals surface area contributed by atoms with E-state index in [-0.39, 0.29) is 5.91 Å². The summed E-state index contributed by atoms with van der Waals surface area (Å²) in [6.45, 7) is 0.585. The van der Waals surface area contributed by atoms with Gasteiger partial charge in [0.15, 0.2) is 0 Å². The molecule has 1 aromatic rings. The molecule has 0 unspecified atom stereocenters. The zero-order chi connectivity index (χ0) is 14.4. The first-order chi connectivity index (χ1) is 9.68. The van der Waals surface area contributed by atoms with Gasteiger partial charge in [0.1, 0.15) is 6.04 Å². The topological polar surface area (TPSA) is 57.6 Å². The maximum atomic E-state index is 12.0. The molecule has 1 saturated heterocycles. The van der Waals surface area contributed by atoms with Crippen LogP contribution in [0.25, 0.3) is 0 Å². The van der Waals surface area contributed by atoms with Crippen LogP contribution in [0.4, 0.5) is 0 Å². The summed E-state index contributed by atoms with van der Waals surface area (Å²) >= 11 is 1.72. The second-order valence-corrected chi connectivity index (χ2v) is 6.02. The van der Waals surface area contributed by atoms with Crippen molar-refractivity contribution in [1.29, 1.82) is 0 Å². The lowest BCUT2D eigenvalue weighted by molar-refractivity contribution is -0.148. The Morgan fingerprint density at radius 3 is 2.75 bits per heavy atom. The van der Waals surface area contributed by atoms with E-state index in [4.69, 9.17) is 5.11 Å². The van der Waals surface area contributed by atoms with Gasteiger partial charge in [-0.1, -0.05) is 18.2 Å². The SMILES string of the molecule is O=C(O)[C@H]1CCCN1C(=O)CCCSc1ccccc1. The molecular weight excluding hydrogens is 274 g/mol. The maximum Gasteiger partial charge on any atom is 0.326 e. The van der Waals surface area contributed by atoms with E-state index in [0.717, 1.165) is 18.6 Å². The molecule has 0 bridgehead atoms. The number of thioether (sulfide) groups is 1. The van der Waals surface area contributed by atoms with Crippen LogP contribution < -0.4 is 0 Å². The zero-order valence-electron chi connectivity index (χ0n) is 11.3. The number of hydrogen-bond donors (Lipinski definition) is 1. The fraction of sp³-hybridized carbons (Fsp3) is 0.467. The number of amides is 1. The molecule has 1 N–H and O–H groups in total. The summed E-state index contributed by atoms with van der Waals surface area (Å²) in [7, 11) is 0. The molecule has 1 atom stereocenters. The van der Waals surface area contributed by atoms with E-state index in [0.29, 0.717) is 19.4 Å². The van der Waals surface area contributed by atoms with Crippen molar-refractivity contribution in [1.82, 2.24) is 4.90 Å².